The first-order valence-electron chi connectivity index (χ1n) is 9.08. The summed E-state index contributed by atoms with van der Waals surface area (Å²) in [5.74, 6) is -1.91. The molecule has 4 nitrogen and oxygen atoms in total. The Kier molecular flexibility index (Phi) is 7.80. The molecule has 0 radical (unpaired) electrons. The molecule has 1 aliphatic carbocycles. The van der Waals surface area contributed by atoms with Gasteiger partial charge in [0.1, 0.15) is 0 Å². The maximum Gasteiger partial charge on any atom is 0.311 e. The lowest BCUT2D eigenvalue weighted by Crippen LogP contribution is -2.53. The highest BCUT2D eigenvalue weighted by molar-refractivity contribution is 5.87. The van der Waals surface area contributed by atoms with Crippen LogP contribution in [-0.4, -0.2) is 22.2 Å². The summed E-state index contributed by atoms with van der Waals surface area (Å²) in [5.41, 5.74) is -2.33. The Balaban J connectivity index is 2.75. The lowest BCUT2D eigenvalue weighted by atomic mass is 9.54. The molecule has 0 fully saturated rings. The van der Waals surface area contributed by atoms with E-state index >= 15 is 0 Å². The minimum atomic E-state index is -1.17. The van der Waals surface area contributed by atoms with E-state index in [9.17, 15) is 19.8 Å². The molecule has 0 aromatic rings. The van der Waals surface area contributed by atoms with Crippen LogP contribution < -0.4 is 0 Å². The van der Waals surface area contributed by atoms with Gasteiger partial charge in [0.05, 0.1) is 10.8 Å². The normalized spacial score (nSPS) is 27.0. The lowest BCUT2D eigenvalue weighted by molar-refractivity contribution is -0.176. The highest BCUT2D eigenvalue weighted by Gasteiger charge is 2.59. The Morgan fingerprint density at radius 3 is 1.78 bits per heavy atom. The molecule has 0 amide bonds. The fourth-order valence-corrected chi connectivity index (χ4v) is 4.01. The molecule has 0 spiro atoms. The molecule has 0 aromatic carbocycles. The molecule has 0 bridgehead atoms. The van der Waals surface area contributed by atoms with Gasteiger partial charge in [0.25, 0.3) is 0 Å². The van der Waals surface area contributed by atoms with Crippen molar-refractivity contribution >= 4 is 11.9 Å². The Hall–Kier alpha value is -1.32. The van der Waals surface area contributed by atoms with E-state index in [4.69, 9.17) is 0 Å². The number of aliphatic carboxylic acids is 2. The second kappa shape index (κ2) is 9.09. The molecular formula is C19H32O4. The average Bonchev–Trinajstić information content (AvgIpc) is 2.53. The van der Waals surface area contributed by atoms with E-state index in [0.29, 0.717) is 25.7 Å². The molecule has 132 valence electrons. The van der Waals surface area contributed by atoms with Gasteiger partial charge in [0.2, 0.25) is 0 Å². The van der Waals surface area contributed by atoms with Gasteiger partial charge in [0, 0.05) is 0 Å². The first kappa shape index (κ1) is 19.7. The summed E-state index contributed by atoms with van der Waals surface area (Å²) < 4.78 is 0. The SMILES string of the molecule is CCCCCCCCCC1(C(=O)O)CC=CCC1(CC)C(=O)O. The van der Waals surface area contributed by atoms with Gasteiger partial charge >= 0.3 is 11.9 Å². The summed E-state index contributed by atoms with van der Waals surface area (Å²) in [7, 11) is 0. The van der Waals surface area contributed by atoms with Crippen LogP contribution in [0.5, 0.6) is 0 Å². The highest BCUT2D eigenvalue weighted by Crippen LogP contribution is 2.54. The van der Waals surface area contributed by atoms with E-state index < -0.39 is 22.8 Å². The van der Waals surface area contributed by atoms with Crippen molar-refractivity contribution in [2.45, 2.75) is 84.5 Å². The van der Waals surface area contributed by atoms with Crippen LogP contribution in [0, 0.1) is 10.8 Å². The van der Waals surface area contributed by atoms with Crippen molar-refractivity contribution in [2.75, 3.05) is 0 Å². The van der Waals surface area contributed by atoms with Crippen molar-refractivity contribution < 1.29 is 19.8 Å². The molecule has 23 heavy (non-hydrogen) atoms. The van der Waals surface area contributed by atoms with Crippen LogP contribution in [-0.2, 0) is 9.59 Å². The summed E-state index contributed by atoms with van der Waals surface area (Å²) >= 11 is 0. The molecule has 0 heterocycles. The second-order valence-corrected chi connectivity index (χ2v) is 6.88. The number of unbranched alkanes of at least 4 members (excludes halogenated alkanes) is 6. The summed E-state index contributed by atoms with van der Waals surface area (Å²) in [6, 6.07) is 0. The number of hydrogen-bond donors (Lipinski definition) is 2. The van der Waals surface area contributed by atoms with Crippen molar-refractivity contribution in [3.63, 3.8) is 0 Å². The third-order valence-electron chi connectivity index (χ3n) is 5.64. The van der Waals surface area contributed by atoms with Gasteiger partial charge in [-0.2, -0.15) is 0 Å². The van der Waals surface area contributed by atoms with Gasteiger partial charge in [-0.1, -0.05) is 70.9 Å². The number of rotatable bonds is 11. The Labute approximate surface area is 140 Å². The maximum absolute atomic E-state index is 12.1. The molecule has 2 atom stereocenters. The van der Waals surface area contributed by atoms with Gasteiger partial charge in [-0.15, -0.1) is 0 Å². The van der Waals surface area contributed by atoms with E-state index in [1.165, 1.54) is 25.7 Å². The molecule has 0 saturated heterocycles. The summed E-state index contributed by atoms with van der Waals surface area (Å²) in [6.07, 6.45) is 12.9. The van der Waals surface area contributed by atoms with E-state index in [1.807, 2.05) is 12.2 Å². The van der Waals surface area contributed by atoms with Crippen LogP contribution in [0.1, 0.15) is 84.5 Å². The molecule has 2 N–H and O–H groups in total. The van der Waals surface area contributed by atoms with E-state index in [0.717, 1.165) is 19.3 Å². The molecular weight excluding hydrogens is 292 g/mol. The standard InChI is InChI=1S/C19H32O4/c1-3-5-6-7-8-9-10-14-19(17(22)23)15-12-11-13-18(19,4-2)16(20)21/h11-12H,3-10,13-15H2,1-2H3,(H,20,21)(H,22,23). The smallest absolute Gasteiger partial charge is 0.311 e. The maximum atomic E-state index is 12.1. The fourth-order valence-electron chi connectivity index (χ4n) is 4.01. The number of hydrogen-bond acceptors (Lipinski definition) is 2. The molecule has 2 unspecified atom stereocenters. The first-order valence-corrected chi connectivity index (χ1v) is 9.08. The molecule has 1 rings (SSSR count). The predicted molar refractivity (Wildman–Crippen MR) is 91.4 cm³/mol. The van der Waals surface area contributed by atoms with Gasteiger partial charge < -0.3 is 10.2 Å². The summed E-state index contributed by atoms with van der Waals surface area (Å²) in [4.78, 5) is 24.0. The number of carboxylic acids is 2. The number of carbonyl (C=O) groups is 2. The summed E-state index contributed by atoms with van der Waals surface area (Å²) in [6.45, 7) is 3.99. The third kappa shape index (κ3) is 4.15. The molecule has 0 aliphatic heterocycles. The minimum Gasteiger partial charge on any atom is -0.481 e. The zero-order valence-electron chi connectivity index (χ0n) is 14.6. The second-order valence-electron chi connectivity index (χ2n) is 6.88. The largest absolute Gasteiger partial charge is 0.481 e. The molecule has 4 heteroatoms. The zero-order valence-corrected chi connectivity index (χ0v) is 14.6. The van der Waals surface area contributed by atoms with Gasteiger partial charge in [-0.05, 0) is 25.7 Å². The monoisotopic (exact) mass is 324 g/mol. The van der Waals surface area contributed by atoms with E-state index in [-0.39, 0.29) is 0 Å². The van der Waals surface area contributed by atoms with E-state index in [2.05, 4.69) is 6.92 Å². The van der Waals surface area contributed by atoms with Crippen molar-refractivity contribution in [1.29, 1.82) is 0 Å². The molecule has 0 aromatic heterocycles. The first-order chi connectivity index (χ1) is 11.0. The van der Waals surface area contributed by atoms with Crippen LogP contribution in [0.4, 0.5) is 0 Å². The highest BCUT2D eigenvalue weighted by atomic mass is 16.4. The van der Waals surface area contributed by atoms with Crippen LogP contribution in [0.15, 0.2) is 12.2 Å². The lowest BCUT2D eigenvalue weighted by Gasteiger charge is -2.46. The molecule has 0 saturated carbocycles. The topological polar surface area (TPSA) is 74.6 Å². The Bertz CT molecular complexity index is 429. The van der Waals surface area contributed by atoms with Crippen LogP contribution in [0.3, 0.4) is 0 Å². The van der Waals surface area contributed by atoms with E-state index in [1.54, 1.807) is 6.92 Å². The van der Waals surface area contributed by atoms with Crippen LogP contribution in [0.2, 0.25) is 0 Å². The van der Waals surface area contributed by atoms with Gasteiger partial charge in [-0.3, -0.25) is 9.59 Å². The Morgan fingerprint density at radius 2 is 1.30 bits per heavy atom. The third-order valence-corrected chi connectivity index (χ3v) is 5.64. The quantitative estimate of drug-likeness (QED) is 0.413. The van der Waals surface area contributed by atoms with Crippen molar-refractivity contribution in [2.24, 2.45) is 10.8 Å². The number of allylic oxidation sites excluding steroid dienone is 2. The molecule has 1 aliphatic rings. The Morgan fingerprint density at radius 1 is 0.826 bits per heavy atom. The zero-order chi connectivity index (χ0) is 17.3. The van der Waals surface area contributed by atoms with Gasteiger partial charge in [0.15, 0.2) is 0 Å². The fraction of sp³-hybridized carbons (Fsp3) is 0.789. The minimum absolute atomic E-state index is 0.321. The van der Waals surface area contributed by atoms with Crippen molar-refractivity contribution in [3.8, 4) is 0 Å². The van der Waals surface area contributed by atoms with Gasteiger partial charge in [-0.25, -0.2) is 0 Å². The van der Waals surface area contributed by atoms with Crippen molar-refractivity contribution in [3.05, 3.63) is 12.2 Å². The average molecular weight is 324 g/mol. The van der Waals surface area contributed by atoms with Crippen molar-refractivity contribution in [1.82, 2.24) is 0 Å². The predicted octanol–water partition coefficient (Wildman–Crippen LogP) is 5.03. The van der Waals surface area contributed by atoms with Crippen LogP contribution >= 0.6 is 0 Å². The summed E-state index contributed by atoms with van der Waals surface area (Å²) in [5, 5.41) is 19.7. The van der Waals surface area contributed by atoms with Crippen LogP contribution in [0.25, 0.3) is 0 Å². The number of carboxylic acid groups (broad SMARTS) is 2.